The lowest BCUT2D eigenvalue weighted by Crippen LogP contribution is -2.33. The SMILES string of the molecule is CN(C)c1ncccc1CNC(=O)c1cnc2n(c1=O)CCS2. The minimum atomic E-state index is -0.414. The normalized spacial score (nSPS) is 12.8. The highest BCUT2D eigenvalue weighted by atomic mass is 32.2. The number of hydrogen-bond donors (Lipinski definition) is 1. The van der Waals surface area contributed by atoms with Crippen LogP contribution in [0.1, 0.15) is 15.9 Å². The van der Waals surface area contributed by atoms with E-state index in [0.29, 0.717) is 18.2 Å². The zero-order valence-electron chi connectivity index (χ0n) is 12.9. The number of rotatable bonds is 4. The average molecular weight is 331 g/mol. The van der Waals surface area contributed by atoms with E-state index in [-0.39, 0.29) is 11.1 Å². The van der Waals surface area contributed by atoms with Crippen molar-refractivity contribution < 1.29 is 4.79 Å². The molecule has 0 bridgehead atoms. The van der Waals surface area contributed by atoms with Crippen molar-refractivity contribution in [3.8, 4) is 0 Å². The highest BCUT2D eigenvalue weighted by molar-refractivity contribution is 7.99. The number of pyridine rings is 1. The summed E-state index contributed by atoms with van der Waals surface area (Å²) in [5.41, 5.74) is 0.679. The van der Waals surface area contributed by atoms with Gasteiger partial charge in [-0.05, 0) is 6.07 Å². The minimum Gasteiger partial charge on any atom is -0.362 e. The second-order valence-corrected chi connectivity index (χ2v) is 6.39. The predicted molar refractivity (Wildman–Crippen MR) is 89.0 cm³/mol. The number of nitrogens with zero attached hydrogens (tertiary/aromatic N) is 4. The van der Waals surface area contributed by atoms with E-state index in [4.69, 9.17) is 0 Å². The maximum atomic E-state index is 12.3. The minimum absolute atomic E-state index is 0.0755. The van der Waals surface area contributed by atoms with Crippen molar-refractivity contribution in [3.63, 3.8) is 0 Å². The zero-order chi connectivity index (χ0) is 16.4. The molecule has 0 saturated heterocycles. The van der Waals surface area contributed by atoms with E-state index >= 15 is 0 Å². The summed E-state index contributed by atoms with van der Waals surface area (Å²) in [6.07, 6.45) is 3.06. The molecule has 0 radical (unpaired) electrons. The number of amides is 1. The Morgan fingerprint density at radius 2 is 2.26 bits per heavy atom. The van der Waals surface area contributed by atoms with E-state index < -0.39 is 5.91 Å². The molecule has 3 heterocycles. The van der Waals surface area contributed by atoms with Crippen LogP contribution in [0.2, 0.25) is 0 Å². The van der Waals surface area contributed by atoms with Crippen molar-refractivity contribution in [3.05, 3.63) is 46.0 Å². The second-order valence-electron chi connectivity index (χ2n) is 5.32. The fourth-order valence-corrected chi connectivity index (χ4v) is 3.33. The van der Waals surface area contributed by atoms with Gasteiger partial charge in [0.2, 0.25) is 0 Å². The number of carbonyl (C=O) groups is 1. The summed E-state index contributed by atoms with van der Waals surface area (Å²) in [6, 6.07) is 3.71. The van der Waals surface area contributed by atoms with Gasteiger partial charge >= 0.3 is 0 Å². The van der Waals surface area contributed by atoms with Gasteiger partial charge in [0, 0.05) is 50.9 Å². The highest BCUT2D eigenvalue weighted by Gasteiger charge is 2.20. The molecule has 0 saturated carbocycles. The number of thioether (sulfide) groups is 1. The van der Waals surface area contributed by atoms with E-state index in [9.17, 15) is 9.59 Å². The summed E-state index contributed by atoms with van der Waals surface area (Å²) in [6.45, 7) is 0.899. The lowest BCUT2D eigenvalue weighted by molar-refractivity contribution is 0.0948. The van der Waals surface area contributed by atoms with Crippen molar-refractivity contribution in [2.75, 3.05) is 24.7 Å². The zero-order valence-corrected chi connectivity index (χ0v) is 13.8. The molecule has 23 heavy (non-hydrogen) atoms. The van der Waals surface area contributed by atoms with Crippen LogP contribution >= 0.6 is 11.8 Å². The van der Waals surface area contributed by atoms with E-state index in [0.717, 1.165) is 17.1 Å². The van der Waals surface area contributed by atoms with Crippen molar-refractivity contribution in [1.29, 1.82) is 0 Å². The van der Waals surface area contributed by atoms with Gasteiger partial charge in [-0.25, -0.2) is 9.97 Å². The molecule has 3 rings (SSSR count). The average Bonchev–Trinajstić information content (AvgIpc) is 3.02. The fraction of sp³-hybridized carbons (Fsp3) is 0.333. The number of aromatic nitrogens is 3. The van der Waals surface area contributed by atoms with Crippen molar-refractivity contribution in [2.24, 2.45) is 0 Å². The first-order valence-electron chi connectivity index (χ1n) is 7.20. The van der Waals surface area contributed by atoms with Crippen molar-refractivity contribution in [2.45, 2.75) is 18.2 Å². The molecule has 7 nitrogen and oxygen atoms in total. The topological polar surface area (TPSA) is 80.1 Å². The molecule has 120 valence electrons. The molecule has 2 aromatic heterocycles. The summed E-state index contributed by atoms with van der Waals surface area (Å²) < 4.78 is 1.55. The van der Waals surface area contributed by atoms with Gasteiger partial charge in [0.1, 0.15) is 11.4 Å². The van der Waals surface area contributed by atoms with Crippen LogP contribution in [0.15, 0.2) is 34.5 Å². The summed E-state index contributed by atoms with van der Waals surface area (Å²) >= 11 is 1.52. The largest absolute Gasteiger partial charge is 0.362 e. The Morgan fingerprint density at radius 3 is 3.04 bits per heavy atom. The number of fused-ring (bicyclic) bond motifs is 1. The van der Waals surface area contributed by atoms with Crippen LogP contribution in [0.5, 0.6) is 0 Å². The highest BCUT2D eigenvalue weighted by Crippen LogP contribution is 2.20. The van der Waals surface area contributed by atoms with Gasteiger partial charge in [0.05, 0.1) is 0 Å². The van der Waals surface area contributed by atoms with Crippen LogP contribution in [-0.2, 0) is 13.1 Å². The Bertz CT molecular complexity index is 803. The first-order valence-corrected chi connectivity index (χ1v) is 8.18. The van der Waals surface area contributed by atoms with Crippen LogP contribution in [-0.4, -0.2) is 40.3 Å². The molecule has 0 aliphatic carbocycles. The summed E-state index contributed by atoms with van der Waals surface area (Å²) in [4.78, 5) is 35.0. The Kier molecular flexibility index (Phi) is 4.33. The van der Waals surface area contributed by atoms with Crippen molar-refractivity contribution >= 4 is 23.5 Å². The standard InChI is InChI=1S/C15H17N5O2S/c1-19(2)12-10(4-3-5-16-12)8-17-13(21)11-9-18-15-20(14(11)22)6-7-23-15/h3-5,9H,6-8H2,1-2H3,(H,17,21). The molecular formula is C15H17N5O2S. The van der Waals surface area contributed by atoms with Gasteiger partial charge in [-0.15, -0.1) is 0 Å². The lowest BCUT2D eigenvalue weighted by atomic mass is 10.2. The van der Waals surface area contributed by atoms with Crippen LogP contribution < -0.4 is 15.8 Å². The van der Waals surface area contributed by atoms with E-state index in [1.807, 2.05) is 31.1 Å². The number of nitrogens with one attached hydrogen (secondary N) is 1. The summed E-state index contributed by atoms with van der Waals surface area (Å²) in [5.74, 6) is 1.19. The maximum Gasteiger partial charge on any atom is 0.267 e. The number of hydrogen-bond acceptors (Lipinski definition) is 6. The Hall–Kier alpha value is -2.35. The Labute approximate surface area is 137 Å². The number of anilines is 1. The van der Waals surface area contributed by atoms with Gasteiger partial charge in [0.25, 0.3) is 11.5 Å². The second kappa shape index (κ2) is 6.41. The molecule has 1 aliphatic heterocycles. The van der Waals surface area contributed by atoms with Gasteiger partial charge in [-0.3, -0.25) is 14.2 Å². The van der Waals surface area contributed by atoms with Crippen LogP contribution in [0, 0.1) is 0 Å². The van der Waals surface area contributed by atoms with Crippen LogP contribution in [0.25, 0.3) is 0 Å². The Morgan fingerprint density at radius 1 is 1.43 bits per heavy atom. The summed E-state index contributed by atoms with van der Waals surface area (Å²) in [5, 5.41) is 3.45. The summed E-state index contributed by atoms with van der Waals surface area (Å²) in [7, 11) is 3.78. The van der Waals surface area contributed by atoms with E-state index in [1.165, 1.54) is 18.0 Å². The van der Waals surface area contributed by atoms with Crippen molar-refractivity contribution in [1.82, 2.24) is 19.9 Å². The van der Waals surface area contributed by atoms with Crippen LogP contribution in [0.4, 0.5) is 5.82 Å². The molecule has 0 spiro atoms. The van der Waals surface area contributed by atoms with Gasteiger partial charge in [-0.1, -0.05) is 17.8 Å². The Balaban J connectivity index is 1.78. The number of carbonyl (C=O) groups excluding carboxylic acids is 1. The van der Waals surface area contributed by atoms with Gasteiger partial charge < -0.3 is 10.2 Å². The maximum absolute atomic E-state index is 12.3. The third kappa shape index (κ3) is 3.07. The monoisotopic (exact) mass is 331 g/mol. The molecular weight excluding hydrogens is 314 g/mol. The molecule has 8 heteroatoms. The van der Waals surface area contributed by atoms with E-state index in [2.05, 4.69) is 15.3 Å². The van der Waals surface area contributed by atoms with Crippen LogP contribution in [0.3, 0.4) is 0 Å². The first-order chi connectivity index (χ1) is 11.1. The molecule has 0 atom stereocenters. The van der Waals surface area contributed by atoms with Gasteiger partial charge in [-0.2, -0.15) is 0 Å². The van der Waals surface area contributed by atoms with Gasteiger partial charge in [0.15, 0.2) is 5.16 Å². The smallest absolute Gasteiger partial charge is 0.267 e. The molecule has 1 N–H and O–H groups in total. The lowest BCUT2D eigenvalue weighted by Gasteiger charge is -2.16. The molecule has 1 amide bonds. The third-order valence-electron chi connectivity index (χ3n) is 3.53. The first kappa shape index (κ1) is 15.5. The predicted octanol–water partition coefficient (Wildman–Crippen LogP) is 0.740. The molecule has 1 aliphatic rings. The molecule has 0 unspecified atom stereocenters. The fourth-order valence-electron chi connectivity index (χ4n) is 2.41. The quantitative estimate of drug-likeness (QED) is 0.833. The van der Waals surface area contributed by atoms with E-state index in [1.54, 1.807) is 10.8 Å². The molecule has 0 aromatic carbocycles. The molecule has 0 fully saturated rings. The third-order valence-corrected chi connectivity index (χ3v) is 4.50. The molecule has 2 aromatic rings.